The Labute approximate surface area is 440 Å². The number of allylic oxidation sites excluding steroid dienone is 6. The van der Waals surface area contributed by atoms with Crippen LogP contribution < -0.4 is 0 Å². The van der Waals surface area contributed by atoms with E-state index in [9.17, 15) is 39.0 Å². The van der Waals surface area contributed by atoms with E-state index in [1.54, 1.807) is 48.0 Å². The summed E-state index contributed by atoms with van der Waals surface area (Å²) < 4.78 is 46.5. The number of rotatable bonds is 13. The van der Waals surface area contributed by atoms with Crippen LogP contribution in [0.2, 0.25) is 0 Å². The predicted molar refractivity (Wildman–Crippen MR) is 276 cm³/mol. The van der Waals surface area contributed by atoms with Gasteiger partial charge in [-0.3, -0.25) is 19.2 Å². The number of hydrogen-bond donors (Lipinski definition) is 2. The highest BCUT2D eigenvalue weighted by molar-refractivity contribution is 6.39. The van der Waals surface area contributed by atoms with E-state index in [-0.39, 0.29) is 87.2 Å². The van der Waals surface area contributed by atoms with Crippen LogP contribution in [-0.4, -0.2) is 159 Å². The standard InChI is InChI=1S/C57H89NO16/c1-12-70-50(60)34-72-46-24-22-42(31-49(46)68-10)30-38(5)48-33-45(59)37(4)29-40(7)52(62)53(69-11)51(61)39(6)28-35(2)18-14-13-15-19-36(3)47(71-27-26-67-9)32-43-23-21-41(8)57(66,74-43)54(63)55(64)58-25-17-16-20-44(58)56(65)73-48/h13-15,18-19,29,35,37-39,41-44,46-49,52-53,62,66H,12,16-17,20-28,30-34H2,1-11H3/b15-13+,18-14+,36-19+,40-29+/t35-,37-,38-,39-,41-,42+,43+,44+,46-,47+,48+,49-,52-,53+,57-/m1/s1. The van der Waals surface area contributed by atoms with Crippen LogP contribution in [0.3, 0.4) is 0 Å². The van der Waals surface area contributed by atoms with E-state index in [4.69, 9.17) is 37.9 Å². The van der Waals surface area contributed by atoms with Crippen molar-refractivity contribution in [1.82, 2.24) is 4.90 Å². The Hall–Kier alpha value is -3.94. The lowest BCUT2D eigenvalue weighted by atomic mass is 9.78. The number of fused-ring (bicyclic) bond motifs is 3. The summed E-state index contributed by atoms with van der Waals surface area (Å²) in [7, 11) is 4.54. The summed E-state index contributed by atoms with van der Waals surface area (Å²) in [4.78, 5) is 84.8. The molecule has 74 heavy (non-hydrogen) atoms. The maximum absolute atomic E-state index is 14.6. The minimum atomic E-state index is -2.48. The van der Waals surface area contributed by atoms with Gasteiger partial charge in [-0.05, 0) is 114 Å². The molecule has 418 valence electrons. The number of Topliss-reactive ketones (excluding diaryl/α,β-unsaturated/α-hetero) is 3. The number of aliphatic hydroxyl groups excluding tert-OH is 1. The van der Waals surface area contributed by atoms with Crippen LogP contribution in [0, 0.1) is 35.5 Å². The molecular weight excluding hydrogens is 955 g/mol. The van der Waals surface area contributed by atoms with Gasteiger partial charge < -0.3 is 53.0 Å². The monoisotopic (exact) mass is 1040 g/mol. The fraction of sp³-hybridized carbons (Fsp3) is 0.754. The van der Waals surface area contributed by atoms with Crippen molar-refractivity contribution in [2.24, 2.45) is 35.5 Å². The molecule has 1 saturated carbocycles. The Bertz CT molecular complexity index is 1980. The highest BCUT2D eigenvalue weighted by atomic mass is 16.6. The van der Waals surface area contributed by atoms with Gasteiger partial charge in [0, 0.05) is 58.5 Å². The van der Waals surface area contributed by atoms with Crippen LogP contribution in [0.5, 0.6) is 0 Å². The van der Waals surface area contributed by atoms with Crippen molar-refractivity contribution in [2.45, 2.75) is 187 Å². The molecule has 0 spiro atoms. The zero-order chi connectivity index (χ0) is 54.7. The zero-order valence-corrected chi connectivity index (χ0v) is 46.1. The topological polar surface area (TPSA) is 220 Å². The van der Waals surface area contributed by atoms with Gasteiger partial charge in [0.25, 0.3) is 11.7 Å². The SMILES string of the molecule is CCOC(=O)CO[C@@H]1CC[C@@H](C[C@@H](C)[C@@H]2CC(=O)[C@H](C)/C=C(\C)[C@@H](O)[C@@H](OC)C(=O)[C@H](C)C[C@H](C)/C=C/C=C/C=C(\C)[C@@H](OCCOC)C[C@@H]3CC[C@@H](C)[C@@](O)(O3)C(=O)C(=O)N3CCCC[C@H]3C(=O)O2)C[C@H]1OC. The minimum absolute atomic E-state index is 0.00796. The molecule has 0 radical (unpaired) electrons. The molecule has 0 unspecified atom stereocenters. The number of ketones is 3. The van der Waals surface area contributed by atoms with Crippen molar-refractivity contribution < 1.29 is 76.9 Å². The van der Waals surface area contributed by atoms with Gasteiger partial charge in [0.05, 0.1) is 44.2 Å². The van der Waals surface area contributed by atoms with Gasteiger partial charge in [0.15, 0.2) is 5.78 Å². The lowest BCUT2D eigenvalue weighted by molar-refractivity contribution is -0.266. The minimum Gasteiger partial charge on any atom is -0.464 e. The van der Waals surface area contributed by atoms with E-state index in [0.717, 1.165) is 5.57 Å². The van der Waals surface area contributed by atoms with Crippen LogP contribution in [0.1, 0.15) is 132 Å². The molecule has 17 heteroatoms. The summed E-state index contributed by atoms with van der Waals surface area (Å²) in [6.45, 7) is 15.1. The summed E-state index contributed by atoms with van der Waals surface area (Å²) in [6, 6.07) is -1.18. The molecule has 4 rings (SSSR count). The third kappa shape index (κ3) is 17.8. The number of hydrogen-bond acceptors (Lipinski definition) is 16. The maximum atomic E-state index is 14.6. The molecule has 3 aliphatic heterocycles. The molecule has 1 amide bonds. The molecule has 0 aromatic heterocycles. The molecule has 2 bridgehead atoms. The van der Waals surface area contributed by atoms with Crippen LogP contribution >= 0.6 is 0 Å². The summed E-state index contributed by atoms with van der Waals surface area (Å²) >= 11 is 0. The van der Waals surface area contributed by atoms with E-state index < -0.39 is 83.7 Å². The summed E-state index contributed by atoms with van der Waals surface area (Å²) in [6.07, 6.45) is 11.0. The van der Waals surface area contributed by atoms with E-state index in [1.165, 1.54) is 12.0 Å². The van der Waals surface area contributed by atoms with E-state index in [1.807, 2.05) is 58.1 Å². The maximum Gasteiger partial charge on any atom is 0.332 e. The van der Waals surface area contributed by atoms with E-state index in [0.29, 0.717) is 70.0 Å². The van der Waals surface area contributed by atoms with Crippen molar-refractivity contribution in [3.05, 3.63) is 47.6 Å². The van der Waals surface area contributed by atoms with Gasteiger partial charge in [-0.1, -0.05) is 71.1 Å². The predicted octanol–water partition coefficient (Wildman–Crippen LogP) is 6.78. The lowest BCUT2D eigenvalue weighted by Gasteiger charge is -2.43. The summed E-state index contributed by atoms with van der Waals surface area (Å²) in [5, 5.41) is 23.7. The molecule has 0 aromatic rings. The number of nitrogens with zero attached hydrogens (tertiary/aromatic N) is 1. The van der Waals surface area contributed by atoms with E-state index >= 15 is 0 Å². The number of piperidine rings is 1. The van der Waals surface area contributed by atoms with Crippen LogP contribution in [0.4, 0.5) is 0 Å². The second kappa shape index (κ2) is 30.7. The van der Waals surface area contributed by atoms with Gasteiger partial charge in [-0.15, -0.1) is 0 Å². The van der Waals surface area contributed by atoms with Crippen molar-refractivity contribution in [2.75, 3.05) is 54.3 Å². The van der Waals surface area contributed by atoms with Crippen LogP contribution in [0.15, 0.2) is 47.6 Å². The van der Waals surface area contributed by atoms with Crippen LogP contribution in [-0.2, 0) is 66.7 Å². The number of carbonyl (C=O) groups is 6. The molecule has 2 saturated heterocycles. The Kier molecular flexibility index (Phi) is 26.0. The van der Waals surface area contributed by atoms with Gasteiger partial charge in [0.2, 0.25) is 5.79 Å². The number of methoxy groups -OCH3 is 3. The smallest absolute Gasteiger partial charge is 0.332 e. The molecule has 17 nitrogen and oxygen atoms in total. The normalized spacial score (nSPS) is 36.9. The first-order valence-electron chi connectivity index (χ1n) is 27.0. The Morgan fingerprint density at radius 1 is 0.865 bits per heavy atom. The molecule has 15 atom stereocenters. The molecular formula is C57H89NO16. The third-order valence-electron chi connectivity index (χ3n) is 15.5. The average Bonchev–Trinajstić information content (AvgIpc) is 3.37. The summed E-state index contributed by atoms with van der Waals surface area (Å²) in [5.74, 6) is -8.79. The lowest BCUT2D eigenvalue weighted by Crippen LogP contribution is -2.61. The van der Waals surface area contributed by atoms with Crippen molar-refractivity contribution >= 4 is 35.2 Å². The molecule has 3 fully saturated rings. The number of carbonyl (C=O) groups excluding carboxylic acids is 6. The average molecular weight is 1040 g/mol. The molecule has 4 aliphatic rings. The number of amides is 1. The van der Waals surface area contributed by atoms with Crippen LogP contribution in [0.25, 0.3) is 0 Å². The van der Waals surface area contributed by atoms with Gasteiger partial charge in [0.1, 0.15) is 36.7 Å². The Morgan fingerprint density at radius 2 is 1.61 bits per heavy atom. The second-order valence-corrected chi connectivity index (χ2v) is 21.3. The zero-order valence-electron chi connectivity index (χ0n) is 46.1. The fourth-order valence-corrected chi connectivity index (χ4v) is 10.9. The second-order valence-electron chi connectivity index (χ2n) is 21.3. The highest BCUT2D eigenvalue weighted by Crippen LogP contribution is 2.38. The molecule has 3 heterocycles. The number of ether oxygens (including phenoxy) is 8. The molecule has 0 aromatic carbocycles. The Balaban J connectivity index is 1.70. The Morgan fingerprint density at radius 3 is 2.30 bits per heavy atom. The first-order chi connectivity index (χ1) is 35.2. The van der Waals surface area contributed by atoms with Crippen molar-refractivity contribution in [1.29, 1.82) is 0 Å². The van der Waals surface area contributed by atoms with Gasteiger partial charge >= 0.3 is 11.9 Å². The first kappa shape index (κ1) is 62.6. The fourth-order valence-electron chi connectivity index (χ4n) is 10.9. The van der Waals surface area contributed by atoms with Gasteiger partial charge in [-0.25, -0.2) is 9.59 Å². The van der Waals surface area contributed by atoms with Gasteiger partial charge in [-0.2, -0.15) is 0 Å². The first-order valence-corrected chi connectivity index (χ1v) is 27.0. The van der Waals surface area contributed by atoms with Crippen molar-refractivity contribution in [3.63, 3.8) is 0 Å². The summed E-state index contributed by atoms with van der Waals surface area (Å²) in [5.41, 5.74) is 1.22. The van der Waals surface area contributed by atoms with Crippen molar-refractivity contribution in [3.8, 4) is 0 Å². The molecule has 2 N–H and O–H groups in total. The molecule has 1 aliphatic carbocycles. The number of aliphatic hydroxyl groups is 2. The third-order valence-corrected chi connectivity index (χ3v) is 15.5. The highest BCUT2D eigenvalue weighted by Gasteiger charge is 2.53. The largest absolute Gasteiger partial charge is 0.464 e. The van der Waals surface area contributed by atoms with E-state index in [2.05, 4.69) is 0 Å². The number of cyclic esters (lactones) is 1. The quantitative estimate of drug-likeness (QED) is 0.0840. The number of esters is 2.